The number of hydrogen-bond acceptors (Lipinski definition) is 3. The maximum atomic E-state index is 10.6. The topological polar surface area (TPSA) is 42.2 Å². The molecule has 1 aliphatic carbocycles. The largest absolute Gasteiger partial charge is 0.497 e. The van der Waals surface area contributed by atoms with E-state index in [1.165, 1.54) is 11.1 Å². The average molecular weight is 393 g/mol. The molecule has 0 unspecified atom stereocenters. The molecule has 0 saturated carbocycles. The van der Waals surface area contributed by atoms with E-state index >= 15 is 0 Å². The molecule has 0 radical (unpaired) electrons. The lowest BCUT2D eigenvalue weighted by molar-refractivity contribution is 0.0171. The van der Waals surface area contributed by atoms with E-state index in [1.807, 2.05) is 30.3 Å². The third-order valence-corrected chi connectivity index (χ3v) is 6.54. The number of rotatable bonds is 3. The van der Waals surface area contributed by atoms with E-state index in [0.717, 1.165) is 22.4 Å². The Kier molecular flexibility index (Phi) is 4.65. The highest BCUT2D eigenvalue weighted by atomic mass is 16.5. The molecule has 0 N–H and O–H groups in total. The molecule has 3 aromatic rings. The van der Waals surface area contributed by atoms with E-state index in [0.29, 0.717) is 13.2 Å². The van der Waals surface area contributed by atoms with Gasteiger partial charge in [0.1, 0.15) is 11.2 Å². The molecule has 1 saturated heterocycles. The maximum absolute atomic E-state index is 10.6. The van der Waals surface area contributed by atoms with Gasteiger partial charge in [-0.1, -0.05) is 72.8 Å². The van der Waals surface area contributed by atoms with E-state index in [2.05, 4.69) is 60.7 Å². The first-order chi connectivity index (χ1) is 14.8. The Labute approximate surface area is 177 Å². The van der Waals surface area contributed by atoms with Gasteiger partial charge >= 0.3 is 0 Å². The van der Waals surface area contributed by atoms with E-state index in [1.54, 1.807) is 7.11 Å². The molecule has 2 aliphatic rings. The van der Waals surface area contributed by atoms with Crippen molar-refractivity contribution in [3.63, 3.8) is 0 Å². The van der Waals surface area contributed by atoms with Crippen LogP contribution in [0, 0.1) is 17.2 Å². The van der Waals surface area contributed by atoms with Crippen LogP contribution in [0.5, 0.6) is 5.75 Å². The van der Waals surface area contributed by atoms with Crippen molar-refractivity contribution in [3.05, 3.63) is 95.6 Å². The zero-order chi connectivity index (χ0) is 20.6. The quantitative estimate of drug-likeness (QED) is 0.583. The fraction of sp³-hybridized carbons (Fsp3) is 0.222. The molecule has 3 aromatic carbocycles. The summed E-state index contributed by atoms with van der Waals surface area (Å²) in [7, 11) is 1.67. The minimum atomic E-state index is -0.647. The van der Waals surface area contributed by atoms with Gasteiger partial charge in [0, 0.05) is 11.8 Å². The summed E-state index contributed by atoms with van der Waals surface area (Å²) in [4.78, 5) is 0. The predicted octanol–water partition coefficient (Wildman–Crippen LogP) is 5.58. The van der Waals surface area contributed by atoms with Crippen LogP contribution < -0.4 is 4.74 Å². The molecular formula is C27H23NO2. The summed E-state index contributed by atoms with van der Waals surface area (Å²) < 4.78 is 11.3. The first-order valence-corrected chi connectivity index (χ1v) is 10.3. The molecule has 1 aliphatic heterocycles. The van der Waals surface area contributed by atoms with E-state index in [-0.39, 0.29) is 11.8 Å². The van der Waals surface area contributed by atoms with Crippen molar-refractivity contribution in [2.75, 3.05) is 20.3 Å². The molecular weight excluding hydrogens is 370 g/mol. The molecule has 3 atom stereocenters. The maximum Gasteiger partial charge on any atom is 0.118 e. The minimum Gasteiger partial charge on any atom is -0.497 e. The number of nitriles is 1. The second-order valence-electron chi connectivity index (χ2n) is 7.94. The summed E-state index contributed by atoms with van der Waals surface area (Å²) in [6, 6.07) is 27.5. The Balaban J connectivity index is 1.63. The zero-order valence-electron chi connectivity index (χ0n) is 16.9. The second-order valence-corrected chi connectivity index (χ2v) is 7.94. The van der Waals surface area contributed by atoms with Gasteiger partial charge in [-0.15, -0.1) is 0 Å². The van der Waals surface area contributed by atoms with Gasteiger partial charge in [0.15, 0.2) is 0 Å². The third kappa shape index (κ3) is 2.76. The molecule has 0 aromatic heterocycles. The molecule has 1 heterocycles. The van der Waals surface area contributed by atoms with Crippen LogP contribution in [-0.2, 0) is 10.2 Å². The van der Waals surface area contributed by atoms with Gasteiger partial charge in [-0.05, 0) is 39.9 Å². The first-order valence-electron chi connectivity index (χ1n) is 10.3. The van der Waals surface area contributed by atoms with Gasteiger partial charge in [0.25, 0.3) is 0 Å². The van der Waals surface area contributed by atoms with Crippen molar-refractivity contribution in [1.29, 1.82) is 5.26 Å². The Morgan fingerprint density at radius 1 is 0.967 bits per heavy atom. The number of hydrogen-bond donors (Lipinski definition) is 0. The second kappa shape index (κ2) is 7.48. The summed E-state index contributed by atoms with van der Waals surface area (Å²) in [5.74, 6) is 0.797. The highest BCUT2D eigenvalue weighted by Gasteiger charge is 2.53. The van der Waals surface area contributed by atoms with Crippen molar-refractivity contribution >= 4 is 6.08 Å². The fourth-order valence-corrected chi connectivity index (χ4v) is 5.05. The number of benzene rings is 3. The van der Waals surface area contributed by atoms with Crippen LogP contribution in [0.15, 0.2) is 78.9 Å². The standard InChI is InChI=1S/C27H23NO2/c1-29-21-14-11-19(12-15-21)10-13-20-16-30-17-26-24-8-3-2-6-22(24)23-7-4-5-9-25(23)27(20,26)18-28/h2-15,20,26H,16-17H2,1H3/b13-10-/t20-,26+,27-/m1/s1. The monoisotopic (exact) mass is 393 g/mol. The number of methoxy groups -OCH3 is 1. The van der Waals surface area contributed by atoms with Crippen molar-refractivity contribution in [3.8, 4) is 22.9 Å². The van der Waals surface area contributed by atoms with Crippen molar-refractivity contribution in [1.82, 2.24) is 0 Å². The SMILES string of the molecule is COc1ccc(/C=C\[C@@H]2COC[C@H]3c4ccccc4-c4ccccc4[C@@]23C#N)cc1. The molecule has 0 spiro atoms. The lowest BCUT2D eigenvalue weighted by Crippen LogP contribution is -2.49. The first kappa shape index (κ1) is 18.7. The van der Waals surface area contributed by atoms with E-state index in [4.69, 9.17) is 9.47 Å². The number of nitrogens with zero attached hydrogens (tertiary/aromatic N) is 1. The normalized spacial score (nSPS) is 24.4. The van der Waals surface area contributed by atoms with Gasteiger partial charge in [-0.3, -0.25) is 0 Å². The molecule has 30 heavy (non-hydrogen) atoms. The van der Waals surface area contributed by atoms with Gasteiger partial charge in [0.2, 0.25) is 0 Å². The molecule has 0 bridgehead atoms. The predicted molar refractivity (Wildman–Crippen MR) is 118 cm³/mol. The molecule has 1 fully saturated rings. The Morgan fingerprint density at radius 2 is 1.70 bits per heavy atom. The van der Waals surface area contributed by atoms with Gasteiger partial charge in [-0.25, -0.2) is 0 Å². The van der Waals surface area contributed by atoms with Crippen LogP contribution in [0.1, 0.15) is 22.6 Å². The smallest absolute Gasteiger partial charge is 0.118 e. The summed E-state index contributed by atoms with van der Waals surface area (Å²) >= 11 is 0. The molecule has 3 nitrogen and oxygen atoms in total. The summed E-state index contributed by atoms with van der Waals surface area (Å²) in [6.45, 7) is 1.10. The molecule has 148 valence electrons. The fourth-order valence-electron chi connectivity index (χ4n) is 5.05. The summed E-state index contributed by atoms with van der Waals surface area (Å²) in [5, 5.41) is 10.6. The Hall–Kier alpha value is -3.35. The van der Waals surface area contributed by atoms with Gasteiger partial charge in [-0.2, -0.15) is 5.26 Å². The molecule has 5 rings (SSSR count). The number of ether oxygens (including phenoxy) is 2. The lowest BCUT2D eigenvalue weighted by Gasteiger charge is -2.48. The molecule has 0 amide bonds. The Bertz CT molecular complexity index is 1140. The van der Waals surface area contributed by atoms with E-state index < -0.39 is 5.41 Å². The summed E-state index contributed by atoms with van der Waals surface area (Å²) in [5.41, 5.74) is 5.13. The lowest BCUT2D eigenvalue weighted by atomic mass is 9.56. The van der Waals surface area contributed by atoms with Crippen LogP contribution in [0.25, 0.3) is 17.2 Å². The summed E-state index contributed by atoms with van der Waals surface area (Å²) in [6.07, 6.45) is 4.25. The molecule has 3 heteroatoms. The Morgan fingerprint density at radius 3 is 2.47 bits per heavy atom. The van der Waals surface area contributed by atoms with Gasteiger partial charge in [0.05, 0.1) is 26.4 Å². The van der Waals surface area contributed by atoms with Crippen molar-refractivity contribution < 1.29 is 9.47 Å². The highest BCUT2D eigenvalue weighted by Crippen LogP contribution is 2.56. The number of fused-ring (bicyclic) bond motifs is 6. The van der Waals surface area contributed by atoms with Crippen LogP contribution in [0.2, 0.25) is 0 Å². The van der Waals surface area contributed by atoms with Crippen LogP contribution in [-0.4, -0.2) is 20.3 Å². The van der Waals surface area contributed by atoms with Crippen LogP contribution in [0.4, 0.5) is 0 Å². The van der Waals surface area contributed by atoms with Gasteiger partial charge < -0.3 is 9.47 Å². The highest BCUT2D eigenvalue weighted by molar-refractivity contribution is 5.78. The van der Waals surface area contributed by atoms with Crippen molar-refractivity contribution in [2.45, 2.75) is 11.3 Å². The van der Waals surface area contributed by atoms with Crippen LogP contribution >= 0.6 is 0 Å². The third-order valence-electron chi connectivity index (χ3n) is 6.54. The van der Waals surface area contributed by atoms with Crippen LogP contribution in [0.3, 0.4) is 0 Å². The minimum absolute atomic E-state index is 0.00728. The van der Waals surface area contributed by atoms with E-state index in [9.17, 15) is 5.26 Å². The van der Waals surface area contributed by atoms with Crippen molar-refractivity contribution in [2.24, 2.45) is 5.92 Å². The zero-order valence-corrected chi connectivity index (χ0v) is 16.9. The average Bonchev–Trinajstić information content (AvgIpc) is 2.83.